The predicted octanol–water partition coefficient (Wildman–Crippen LogP) is 1.81. The van der Waals surface area contributed by atoms with Crippen molar-refractivity contribution in [3.05, 3.63) is 29.8 Å². The van der Waals surface area contributed by atoms with Crippen molar-refractivity contribution >= 4 is 17.7 Å². The summed E-state index contributed by atoms with van der Waals surface area (Å²) < 4.78 is 5.11. The number of carbonyl (C=O) groups excluding carboxylic acids is 3. The minimum Gasteiger partial charge on any atom is -0.497 e. The van der Waals surface area contributed by atoms with Crippen LogP contribution >= 0.6 is 0 Å². The van der Waals surface area contributed by atoms with Gasteiger partial charge >= 0.3 is 6.03 Å². The van der Waals surface area contributed by atoms with Crippen molar-refractivity contribution in [1.82, 2.24) is 10.2 Å². The standard InChI is InChI=1S/C19H27N3O4/c1-12(2)16(21-19(20)25)18(24)22-10-8-14(9-11-22)17(23)13-4-6-15(26-3)7-5-13/h4-7,12,14,16H,8-11H2,1-3H3,(H3,20,21,25). The highest BCUT2D eigenvalue weighted by Gasteiger charge is 2.32. The van der Waals surface area contributed by atoms with Crippen molar-refractivity contribution in [2.75, 3.05) is 20.2 Å². The number of ether oxygens (including phenoxy) is 1. The number of amides is 3. The molecule has 1 unspecified atom stereocenters. The average molecular weight is 361 g/mol. The van der Waals surface area contributed by atoms with Gasteiger partial charge in [0.1, 0.15) is 11.8 Å². The summed E-state index contributed by atoms with van der Waals surface area (Å²) in [6.45, 7) is 4.71. The first-order chi connectivity index (χ1) is 12.3. The van der Waals surface area contributed by atoms with Gasteiger partial charge in [-0.2, -0.15) is 0 Å². The smallest absolute Gasteiger partial charge is 0.312 e. The quantitative estimate of drug-likeness (QED) is 0.754. The van der Waals surface area contributed by atoms with Gasteiger partial charge in [-0.1, -0.05) is 13.8 Å². The number of nitrogens with two attached hydrogens (primary N) is 1. The van der Waals surface area contributed by atoms with Gasteiger partial charge in [0, 0.05) is 24.6 Å². The Morgan fingerprint density at radius 1 is 1.15 bits per heavy atom. The first-order valence-electron chi connectivity index (χ1n) is 8.86. The normalized spacial score (nSPS) is 16.2. The molecule has 1 saturated heterocycles. The molecule has 7 nitrogen and oxygen atoms in total. The number of Topliss-reactive ketones (excluding diaryl/α,β-unsaturated/α-hetero) is 1. The van der Waals surface area contributed by atoms with Crippen LogP contribution in [0, 0.1) is 11.8 Å². The minimum atomic E-state index is -0.707. The lowest BCUT2D eigenvalue weighted by atomic mass is 9.88. The van der Waals surface area contributed by atoms with Crippen LogP contribution < -0.4 is 15.8 Å². The third kappa shape index (κ3) is 4.74. The Morgan fingerprint density at radius 2 is 1.73 bits per heavy atom. The summed E-state index contributed by atoms with van der Waals surface area (Å²) in [6, 6.07) is 5.74. The number of benzene rings is 1. The van der Waals surface area contributed by atoms with E-state index in [1.807, 2.05) is 13.8 Å². The molecule has 1 heterocycles. The maximum absolute atomic E-state index is 12.6. The molecular weight excluding hydrogens is 334 g/mol. The molecule has 0 bridgehead atoms. The third-order valence-electron chi connectivity index (χ3n) is 4.78. The van der Waals surface area contributed by atoms with Crippen LogP contribution in [0.2, 0.25) is 0 Å². The number of urea groups is 1. The molecule has 0 aliphatic carbocycles. The van der Waals surface area contributed by atoms with E-state index in [4.69, 9.17) is 10.5 Å². The number of nitrogens with one attached hydrogen (secondary N) is 1. The second-order valence-electron chi connectivity index (χ2n) is 6.92. The van der Waals surface area contributed by atoms with Gasteiger partial charge < -0.3 is 20.7 Å². The molecule has 26 heavy (non-hydrogen) atoms. The second-order valence-corrected chi connectivity index (χ2v) is 6.92. The van der Waals surface area contributed by atoms with E-state index < -0.39 is 12.1 Å². The highest BCUT2D eigenvalue weighted by atomic mass is 16.5. The number of rotatable bonds is 6. The first-order valence-corrected chi connectivity index (χ1v) is 8.86. The number of likely N-dealkylation sites (tertiary alicyclic amines) is 1. The molecule has 2 rings (SSSR count). The highest BCUT2D eigenvalue weighted by Crippen LogP contribution is 2.24. The van der Waals surface area contributed by atoms with Crippen molar-refractivity contribution in [2.45, 2.75) is 32.7 Å². The third-order valence-corrected chi connectivity index (χ3v) is 4.78. The minimum absolute atomic E-state index is 0.0614. The fourth-order valence-corrected chi connectivity index (χ4v) is 3.22. The SMILES string of the molecule is COc1ccc(C(=O)C2CCN(C(=O)C(NC(N)=O)C(C)C)CC2)cc1. The topological polar surface area (TPSA) is 102 Å². The Hall–Kier alpha value is -2.57. The zero-order valence-electron chi connectivity index (χ0n) is 15.5. The molecule has 1 aromatic rings. The summed E-state index contributed by atoms with van der Waals surface area (Å²) in [4.78, 5) is 38.1. The molecule has 1 atom stereocenters. The molecule has 1 fully saturated rings. The molecule has 0 radical (unpaired) electrons. The highest BCUT2D eigenvalue weighted by molar-refractivity contribution is 5.98. The van der Waals surface area contributed by atoms with Crippen LogP contribution in [0.5, 0.6) is 5.75 Å². The number of hydrogen-bond donors (Lipinski definition) is 2. The molecular formula is C19H27N3O4. The molecule has 142 valence electrons. The number of primary amides is 1. The molecule has 0 spiro atoms. The van der Waals surface area contributed by atoms with Gasteiger partial charge in [-0.05, 0) is 43.0 Å². The van der Waals surface area contributed by atoms with Crippen LogP contribution in [-0.4, -0.2) is 48.9 Å². The Bertz CT molecular complexity index is 649. The molecule has 1 aromatic carbocycles. The van der Waals surface area contributed by atoms with Crippen molar-refractivity contribution < 1.29 is 19.1 Å². The Balaban J connectivity index is 1.95. The number of carbonyl (C=O) groups is 3. The van der Waals surface area contributed by atoms with Crippen LogP contribution in [0.4, 0.5) is 4.79 Å². The lowest BCUT2D eigenvalue weighted by Gasteiger charge is -2.34. The average Bonchev–Trinajstić information content (AvgIpc) is 2.65. The maximum Gasteiger partial charge on any atom is 0.312 e. The van der Waals surface area contributed by atoms with E-state index in [-0.39, 0.29) is 23.5 Å². The summed E-state index contributed by atoms with van der Waals surface area (Å²) in [6.07, 6.45) is 1.22. The predicted molar refractivity (Wildman–Crippen MR) is 98.0 cm³/mol. The zero-order valence-corrected chi connectivity index (χ0v) is 15.5. The fourth-order valence-electron chi connectivity index (χ4n) is 3.22. The number of nitrogens with zero attached hydrogens (tertiary/aromatic N) is 1. The monoisotopic (exact) mass is 361 g/mol. The van der Waals surface area contributed by atoms with Gasteiger partial charge in [0.15, 0.2) is 5.78 Å². The van der Waals surface area contributed by atoms with Crippen LogP contribution in [0.25, 0.3) is 0 Å². The molecule has 0 aromatic heterocycles. The van der Waals surface area contributed by atoms with Crippen LogP contribution in [0.15, 0.2) is 24.3 Å². The van der Waals surface area contributed by atoms with E-state index in [2.05, 4.69) is 5.32 Å². The van der Waals surface area contributed by atoms with Crippen molar-refractivity contribution in [1.29, 1.82) is 0 Å². The van der Waals surface area contributed by atoms with Gasteiger partial charge in [0.25, 0.3) is 0 Å². The summed E-state index contributed by atoms with van der Waals surface area (Å²) in [5.74, 6) is 0.496. The van der Waals surface area contributed by atoms with Crippen molar-refractivity contribution in [3.8, 4) is 5.75 Å². The van der Waals surface area contributed by atoms with Crippen molar-refractivity contribution in [3.63, 3.8) is 0 Å². The largest absolute Gasteiger partial charge is 0.497 e. The van der Waals surface area contributed by atoms with Gasteiger partial charge in [-0.3, -0.25) is 9.59 Å². The van der Waals surface area contributed by atoms with E-state index in [1.54, 1.807) is 36.3 Å². The van der Waals surface area contributed by atoms with E-state index in [0.29, 0.717) is 37.2 Å². The molecule has 1 aliphatic rings. The van der Waals surface area contributed by atoms with Crippen LogP contribution in [-0.2, 0) is 4.79 Å². The van der Waals surface area contributed by atoms with Crippen molar-refractivity contribution in [2.24, 2.45) is 17.6 Å². The van der Waals surface area contributed by atoms with E-state index >= 15 is 0 Å². The number of hydrogen-bond acceptors (Lipinski definition) is 4. The second kappa shape index (κ2) is 8.69. The number of ketones is 1. The van der Waals surface area contributed by atoms with Crippen LogP contribution in [0.1, 0.15) is 37.0 Å². The maximum atomic E-state index is 12.6. The summed E-state index contributed by atoms with van der Waals surface area (Å²) >= 11 is 0. The Labute approximate surface area is 153 Å². The van der Waals surface area contributed by atoms with E-state index in [1.165, 1.54) is 0 Å². The number of methoxy groups -OCH3 is 1. The number of piperidine rings is 1. The lowest BCUT2D eigenvalue weighted by molar-refractivity contribution is -0.135. The molecule has 3 N–H and O–H groups in total. The molecule has 1 aliphatic heterocycles. The Morgan fingerprint density at radius 3 is 2.19 bits per heavy atom. The fraction of sp³-hybridized carbons (Fsp3) is 0.526. The lowest BCUT2D eigenvalue weighted by Crippen LogP contribution is -2.54. The van der Waals surface area contributed by atoms with Crippen LogP contribution in [0.3, 0.4) is 0 Å². The van der Waals surface area contributed by atoms with Gasteiger partial charge in [0.05, 0.1) is 7.11 Å². The first kappa shape index (κ1) is 19.8. The zero-order chi connectivity index (χ0) is 19.3. The molecule has 7 heteroatoms. The van der Waals surface area contributed by atoms with Gasteiger partial charge in [0.2, 0.25) is 5.91 Å². The van der Waals surface area contributed by atoms with E-state index in [9.17, 15) is 14.4 Å². The summed E-state index contributed by atoms with van der Waals surface area (Å²) in [7, 11) is 1.58. The van der Waals surface area contributed by atoms with Gasteiger partial charge in [-0.15, -0.1) is 0 Å². The molecule has 0 saturated carbocycles. The Kier molecular flexibility index (Phi) is 6.60. The van der Waals surface area contributed by atoms with E-state index in [0.717, 1.165) is 0 Å². The molecule has 3 amide bonds. The summed E-state index contributed by atoms with van der Waals surface area (Å²) in [5, 5.41) is 2.52. The van der Waals surface area contributed by atoms with Gasteiger partial charge in [-0.25, -0.2) is 4.79 Å². The summed E-state index contributed by atoms with van der Waals surface area (Å²) in [5.41, 5.74) is 5.83.